The third kappa shape index (κ3) is 1.16. The zero-order valence-electron chi connectivity index (χ0n) is 6.89. The molecule has 2 fully saturated rings. The van der Waals surface area contributed by atoms with Gasteiger partial charge in [0.1, 0.15) is 0 Å². The van der Waals surface area contributed by atoms with Crippen LogP contribution in [-0.4, -0.2) is 35.2 Å². The molecule has 0 aromatic carbocycles. The summed E-state index contributed by atoms with van der Waals surface area (Å²) >= 11 is 4.18. The van der Waals surface area contributed by atoms with Crippen LogP contribution < -0.4 is 0 Å². The zero-order valence-corrected chi connectivity index (χ0v) is 7.79. The summed E-state index contributed by atoms with van der Waals surface area (Å²) in [4.78, 5) is 1.92. The van der Waals surface area contributed by atoms with Crippen molar-refractivity contribution in [3.05, 3.63) is 0 Å². The van der Waals surface area contributed by atoms with E-state index in [1.165, 1.54) is 0 Å². The number of fused-ring (bicyclic) bond motifs is 1. The van der Waals surface area contributed by atoms with Crippen molar-refractivity contribution in [2.24, 2.45) is 0 Å². The number of hydrogen-bond acceptors (Lipinski definition) is 2. The van der Waals surface area contributed by atoms with E-state index in [1.807, 2.05) is 4.90 Å². The Labute approximate surface area is 76.5 Å². The molecule has 0 aromatic heterocycles. The highest BCUT2D eigenvalue weighted by atomic mass is 32.1. The molecular formula is C8H13F2NS. The Morgan fingerprint density at radius 3 is 2.75 bits per heavy atom. The van der Waals surface area contributed by atoms with Gasteiger partial charge in [0, 0.05) is 17.7 Å². The lowest BCUT2D eigenvalue weighted by Crippen LogP contribution is -2.39. The molecule has 2 saturated heterocycles. The third-order valence-corrected chi connectivity index (χ3v) is 3.63. The lowest BCUT2D eigenvalue weighted by atomic mass is 9.95. The van der Waals surface area contributed by atoms with E-state index in [0.717, 1.165) is 19.4 Å². The topological polar surface area (TPSA) is 3.24 Å². The largest absolute Gasteiger partial charge is 0.291 e. The minimum Gasteiger partial charge on any atom is -0.291 e. The van der Waals surface area contributed by atoms with Crippen LogP contribution in [0.1, 0.15) is 19.3 Å². The van der Waals surface area contributed by atoms with Gasteiger partial charge in [-0.25, -0.2) is 8.78 Å². The molecule has 0 amide bonds. The van der Waals surface area contributed by atoms with Crippen molar-refractivity contribution in [1.29, 1.82) is 0 Å². The summed E-state index contributed by atoms with van der Waals surface area (Å²) in [5.74, 6) is -1.90. The van der Waals surface area contributed by atoms with E-state index in [9.17, 15) is 8.78 Å². The minimum absolute atomic E-state index is 0.0174. The molecule has 70 valence electrons. The summed E-state index contributed by atoms with van der Waals surface area (Å²) in [6, 6.07) is 0. The fourth-order valence-corrected chi connectivity index (χ4v) is 2.96. The molecule has 0 saturated carbocycles. The Balaban J connectivity index is 2.20. The molecule has 0 N–H and O–H groups in total. The van der Waals surface area contributed by atoms with Crippen molar-refractivity contribution in [2.45, 2.75) is 30.7 Å². The molecular weight excluding hydrogens is 180 g/mol. The van der Waals surface area contributed by atoms with Crippen molar-refractivity contribution in [3.8, 4) is 0 Å². The summed E-state index contributed by atoms with van der Waals surface area (Å²) in [6.07, 6.45) is 1.96. The number of rotatable bonds is 1. The molecule has 0 aliphatic carbocycles. The van der Waals surface area contributed by atoms with Gasteiger partial charge in [-0.05, 0) is 19.4 Å². The number of nitrogens with zero attached hydrogens (tertiary/aromatic N) is 1. The molecule has 1 atom stereocenters. The van der Waals surface area contributed by atoms with Gasteiger partial charge in [0.2, 0.25) is 0 Å². The first-order chi connectivity index (χ1) is 5.58. The summed E-state index contributed by atoms with van der Waals surface area (Å²) in [5, 5.41) is 0. The smallest absolute Gasteiger partial charge is 0.262 e. The van der Waals surface area contributed by atoms with Crippen molar-refractivity contribution >= 4 is 12.6 Å². The highest BCUT2D eigenvalue weighted by Crippen LogP contribution is 2.46. The fraction of sp³-hybridized carbons (Fsp3) is 1.00. The van der Waals surface area contributed by atoms with Gasteiger partial charge in [0.25, 0.3) is 5.92 Å². The Kier molecular flexibility index (Phi) is 1.88. The molecule has 0 aromatic rings. The maximum atomic E-state index is 13.0. The second-order valence-electron chi connectivity index (χ2n) is 3.94. The fourth-order valence-electron chi connectivity index (χ4n) is 2.49. The van der Waals surface area contributed by atoms with Gasteiger partial charge >= 0.3 is 0 Å². The maximum Gasteiger partial charge on any atom is 0.262 e. The first kappa shape index (κ1) is 8.75. The Bertz CT molecular complexity index is 197. The van der Waals surface area contributed by atoms with Crippen molar-refractivity contribution in [3.63, 3.8) is 0 Å². The average molecular weight is 193 g/mol. The van der Waals surface area contributed by atoms with Crippen LogP contribution in [-0.2, 0) is 0 Å². The highest BCUT2D eigenvalue weighted by Gasteiger charge is 2.55. The van der Waals surface area contributed by atoms with E-state index in [1.54, 1.807) is 0 Å². The van der Waals surface area contributed by atoms with E-state index in [2.05, 4.69) is 12.6 Å². The van der Waals surface area contributed by atoms with Gasteiger partial charge in [-0.15, -0.1) is 0 Å². The standard InChI is InChI=1S/C8H13F2NS/c9-8(10)4-7(6-12)2-1-3-11(7)5-8/h12H,1-6H2. The van der Waals surface area contributed by atoms with Crippen LogP contribution in [0.15, 0.2) is 0 Å². The lowest BCUT2D eigenvalue weighted by molar-refractivity contribution is 0.00996. The van der Waals surface area contributed by atoms with Gasteiger partial charge < -0.3 is 0 Å². The van der Waals surface area contributed by atoms with E-state index >= 15 is 0 Å². The SMILES string of the molecule is FC1(F)CN2CCCC2(CS)C1. The maximum absolute atomic E-state index is 13.0. The molecule has 0 radical (unpaired) electrons. The van der Waals surface area contributed by atoms with Crippen LogP contribution in [0.2, 0.25) is 0 Å². The van der Waals surface area contributed by atoms with E-state index in [0.29, 0.717) is 5.75 Å². The van der Waals surface area contributed by atoms with Crippen LogP contribution in [0, 0.1) is 0 Å². The molecule has 12 heavy (non-hydrogen) atoms. The number of alkyl halides is 2. The summed E-state index contributed by atoms with van der Waals surface area (Å²) in [7, 11) is 0. The monoisotopic (exact) mass is 193 g/mol. The van der Waals surface area contributed by atoms with Crippen LogP contribution in [0.25, 0.3) is 0 Å². The van der Waals surface area contributed by atoms with Crippen molar-refractivity contribution in [1.82, 2.24) is 4.90 Å². The minimum atomic E-state index is -2.47. The summed E-state index contributed by atoms with van der Waals surface area (Å²) < 4.78 is 26.0. The first-order valence-electron chi connectivity index (χ1n) is 4.32. The molecule has 2 aliphatic heterocycles. The average Bonchev–Trinajstić information content (AvgIpc) is 2.40. The molecule has 2 heterocycles. The lowest BCUT2D eigenvalue weighted by Gasteiger charge is -2.28. The first-order valence-corrected chi connectivity index (χ1v) is 4.95. The van der Waals surface area contributed by atoms with Gasteiger partial charge in [0.15, 0.2) is 0 Å². The normalized spacial score (nSPS) is 40.2. The quantitative estimate of drug-likeness (QED) is 0.621. The number of hydrogen-bond donors (Lipinski definition) is 1. The molecule has 1 unspecified atom stereocenters. The van der Waals surface area contributed by atoms with Crippen LogP contribution in [0.4, 0.5) is 8.78 Å². The Morgan fingerprint density at radius 2 is 2.17 bits per heavy atom. The van der Waals surface area contributed by atoms with Crippen molar-refractivity contribution < 1.29 is 8.78 Å². The number of thiol groups is 1. The van der Waals surface area contributed by atoms with Gasteiger partial charge in [-0.1, -0.05) is 0 Å². The molecule has 4 heteroatoms. The van der Waals surface area contributed by atoms with Crippen molar-refractivity contribution in [2.75, 3.05) is 18.8 Å². The Hall–Kier alpha value is 0.170. The van der Waals surface area contributed by atoms with E-state index in [4.69, 9.17) is 0 Å². The summed E-state index contributed by atoms with van der Waals surface area (Å²) in [5.41, 5.74) is -0.271. The predicted molar refractivity (Wildman–Crippen MR) is 47.0 cm³/mol. The Morgan fingerprint density at radius 1 is 1.42 bits per heavy atom. The van der Waals surface area contributed by atoms with Gasteiger partial charge in [0.05, 0.1) is 6.54 Å². The van der Waals surface area contributed by atoms with Gasteiger partial charge in [-0.2, -0.15) is 12.6 Å². The molecule has 0 spiro atoms. The van der Waals surface area contributed by atoms with Crippen LogP contribution in [0.3, 0.4) is 0 Å². The van der Waals surface area contributed by atoms with Crippen LogP contribution >= 0.6 is 12.6 Å². The number of halogens is 2. The second kappa shape index (κ2) is 2.58. The molecule has 2 aliphatic rings. The molecule has 2 rings (SSSR count). The zero-order chi connectivity index (χ0) is 8.82. The second-order valence-corrected chi connectivity index (χ2v) is 4.26. The van der Waals surface area contributed by atoms with E-state index in [-0.39, 0.29) is 18.5 Å². The van der Waals surface area contributed by atoms with Crippen LogP contribution in [0.5, 0.6) is 0 Å². The third-order valence-electron chi connectivity index (χ3n) is 3.05. The predicted octanol–water partition coefficient (Wildman–Crippen LogP) is 1.79. The molecule has 0 bridgehead atoms. The van der Waals surface area contributed by atoms with Gasteiger partial charge in [-0.3, -0.25) is 4.90 Å². The highest BCUT2D eigenvalue weighted by molar-refractivity contribution is 7.80. The van der Waals surface area contributed by atoms with E-state index < -0.39 is 5.92 Å². The summed E-state index contributed by atoms with van der Waals surface area (Å²) in [6.45, 7) is 0.781. The molecule has 1 nitrogen and oxygen atoms in total.